The molecule has 1 aliphatic rings. The van der Waals surface area contributed by atoms with Crippen LogP contribution in [0.15, 0.2) is 0 Å². The molecule has 0 atom stereocenters. The maximum atomic E-state index is 8.58. The molecule has 3 heteroatoms. The molecule has 2 nitrogen and oxygen atoms in total. The maximum absolute atomic E-state index is 8.58. The Morgan fingerprint density at radius 3 is 1.22 bits per heavy atom. The predicted octanol–water partition coefficient (Wildman–Crippen LogP) is 1.47. The first-order chi connectivity index (χ1) is 3.91. The van der Waals surface area contributed by atoms with Gasteiger partial charge in [-0.05, 0) is 0 Å². The number of carbonyl (C=O) groups excluding carboxylic acids is 1. The molecule has 1 saturated carbocycles. The minimum Gasteiger partial charge on any atom is -0.372 e. The molecule has 0 aromatic carbocycles. The highest BCUT2D eigenvalue weighted by Gasteiger charge is 1.95. The van der Waals surface area contributed by atoms with Gasteiger partial charge in [0.25, 0.3) is 0 Å². The Balaban J connectivity index is 0. The summed E-state index contributed by atoms with van der Waals surface area (Å²) in [6.07, 6.45) is 7.75. The van der Waals surface area contributed by atoms with Gasteiger partial charge in [-0.25, -0.2) is 0 Å². The topological polar surface area (TPSA) is 43.1 Å². The van der Waals surface area contributed by atoms with E-state index in [0.29, 0.717) is 0 Å². The lowest BCUT2D eigenvalue weighted by atomic mass is 10.4. The quantitative estimate of drug-likeness (QED) is 0.524. The minimum atomic E-state index is 0. The van der Waals surface area contributed by atoms with Gasteiger partial charge in [-0.3, -0.25) is 4.79 Å². The molecule has 0 saturated heterocycles. The monoisotopic (exact) mass is 151 g/mol. The number of nitrogens with two attached hydrogens (primary N) is 1. The van der Waals surface area contributed by atoms with Crippen molar-refractivity contribution in [1.82, 2.24) is 0 Å². The van der Waals surface area contributed by atoms with Gasteiger partial charge in [0.15, 0.2) is 0 Å². The predicted molar refractivity (Wildman–Crippen MR) is 40.6 cm³/mol. The highest BCUT2D eigenvalue weighted by atomic mass is 35.5. The SMILES string of the molecule is C1CCCC1.Cl.NC=O. The van der Waals surface area contributed by atoms with Crippen molar-refractivity contribution in [2.24, 2.45) is 5.73 Å². The van der Waals surface area contributed by atoms with Crippen LogP contribution >= 0.6 is 12.4 Å². The van der Waals surface area contributed by atoms with E-state index in [4.69, 9.17) is 4.79 Å². The molecule has 2 N–H and O–H groups in total. The fraction of sp³-hybridized carbons (Fsp3) is 0.833. The molecule has 1 fully saturated rings. The summed E-state index contributed by atoms with van der Waals surface area (Å²) in [5, 5.41) is 0. The van der Waals surface area contributed by atoms with Crippen LogP contribution in [-0.4, -0.2) is 6.41 Å². The van der Waals surface area contributed by atoms with Crippen LogP contribution in [0.3, 0.4) is 0 Å². The molecule has 0 bridgehead atoms. The Kier molecular flexibility index (Phi) is 13.7. The molecule has 9 heavy (non-hydrogen) atoms. The molecular formula is C6H14ClNO. The van der Waals surface area contributed by atoms with Crippen molar-refractivity contribution < 1.29 is 4.79 Å². The van der Waals surface area contributed by atoms with E-state index in [2.05, 4.69) is 5.73 Å². The van der Waals surface area contributed by atoms with E-state index in [-0.39, 0.29) is 18.8 Å². The average Bonchev–Trinajstić information content (AvgIpc) is 2.17. The zero-order chi connectivity index (χ0) is 6.24. The standard InChI is InChI=1S/C5H10.CH3NO.ClH/c1-2-4-5-3-1;2-1-3;/h1-5H2;1H,(H2,2,3);1H. The van der Waals surface area contributed by atoms with Crippen LogP contribution in [0.1, 0.15) is 32.1 Å². The van der Waals surface area contributed by atoms with Crippen molar-refractivity contribution >= 4 is 18.8 Å². The second kappa shape index (κ2) is 10.7. The van der Waals surface area contributed by atoms with Gasteiger partial charge in [0.2, 0.25) is 6.41 Å². The van der Waals surface area contributed by atoms with Crippen molar-refractivity contribution in [2.75, 3.05) is 0 Å². The zero-order valence-corrected chi connectivity index (χ0v) is 6.32. The lowest BCUT2D eigenvalue weighted by molar-refractivity contribution is -0.106. The van der Waals surface area contributed by atoms with Crippen molar-refractivity contribution in [3.63, 3.8) is 0 Å². The van der Waals surface area contributed by atoms with E-state index >= 15 is 0 Å². The number of halogens is 1. The Bertz CT molecular complexity index is 47.4. The minimum absolute atomic E-state index is 0. The number of rotatable bonds is 0. The van der Waals surface area contributed by atoms with Gasteiger partial charge in [-0.2, -0.15) is 0 Å². The third kappa shape index (κ3) is 11.4. The first-order valence-electron chi connectivity index (χ1n) is 3.07. The zero-order valence-electron chi connectivity index (χ0n) is 5.51. The third-order valence-corrected chi connectivity index (χ3v) is 1.25. The van der Waals surface area contributed by atoms with Crippen LogP contribution in [0.25, 0.3) is 0 Å². The normalized spacial score (nSPS) is 14.7. The summed E-state index contributed by atoms with van der Waals surface area (Å²) in [4.78, 5) is 8.58. The van der Waals surface area contributed by atoms with Crippen molar-refractivity contribution in [3.05, 3.63) is 0 Å². The van der Waals surface area contributed by atoms with Crippen LogP contribution in [-0.2, 0) is 4.79 Å². The summed E-state index contributed by atoms with van der Waals surface area (Å²) in [5.74, 6) is 0. The average molecular weight is 152 g/mol. The van der Waals surface area contributed by atoms with Crippen molar-refractivity contribution in [1.29, 1.82) is 0 Å². The summed E-state index contributed by atoms with van der Waals surface area (Å²) in [5.41, 5.74) is 4.17. The first-order valence-corrected chi connectivity index (χ1v) is 3.07. The van der Waals surface area contributed by atoms with Crippen LogP contribution < -0.4 is 5.73 Å². The second-order valence-corrected chi connectivity index (χ2v) is 1.90. The molecule has 0 aromatic heterocycles. The van der Waals surface area contributed by atoms with Crippen LogP contribution in [0, 0.1) is 0 Å². The molecule has 0 aromatic rings. The Hall–Kier alpha value is -0.240. The van der Waals surface area contributed by atoms with Gasteiger partial charge in [-0.15, -0.1) is 12.4 Å². The fourth-order valence-corrected chi connectivity index (χ4v) is 0.884. The van der Waals surface area contributed by atoms with Crippen LogP contribution in [0.5, 0.6) is 0 Å². The van der Waals surface area contributed by atoms with E-state index < -0.39 is 0 Å². The molecular weight excluding hydrogens is 138 g/mol. The maximum Gasteiger partial charge on any atom is 0.204 e. The van der Waals surface area contributed by atoms with Gasteiger partial charge in [0.05, 0.1) is 0 Å². The summed E-state index contributed by atoms with van der Waals surface area (Å²) < 4.78 is 0. The molecule has 1 aliphatic carbocycles. The molecule has 0 heterocycles. The number of carbonyl (C=O) groups is 1. The van der Waals surface area contributed by atoms with Crippen molar-refractivity contribution in [2.45, 2.75) is 32.1 Å². The highest BCUT2D eigenvalue weighted by Crippen LogP contribution is 2.15. The molecule has 0 aliphatic heterocycles. The number of hydrogen-bond acceptors (Lipinski definition) is 1. The third-order valence-electron chi connectivity index (χ3n) is 1.25. The molecule has 1 rings (SSSR count). The van der Waals surface area contributed by atoms with E-state index in [1.165, 1.54) is 32.1 Å². The molecule has 0 unspecified atom stereocenters. The Morgan fingerprint density at radius 1 is 1.00 bits per heavy atom. The Morgan fingerprint density at radius 2 is 1.11 bits per heavy atom. The van der Waals surface area contributed by atoms with Crippen LogP contribution in [0.2, 0.25) is 0 Å². The number of hydrogen-bond donors (Lipinski definition) is 1. The van der Waals surface area contributed by atoms with Gasteiger partial charge < -0.3 is 5.73 Å². The van der Waals surface area contributed by atoms with Crippen molar-refractivity contribution in [3.8, 4) is 0 Å². The summed E-state index contributed by atoms with van der Waals surface area (Å²) in [7, 11) is 0. The number of amides is 1. The molecule has 1 amide bonds. The second-order valence-electron chi connectivity index (χ2n) is 1.90. The lowest BCUT2D eigenvalue weighted by Gasteiger charge is -1.67. The molecule has 0 radical (unpaired) electrons. The van der Waals surface area contributed by atoms with E-state index in [1.54, 1.807) is 0 Å². The van der Waals surface area contributed by atoms with E-state index in [1.807, 2.05) is 0 Å². The first kappa shape index (κ1) is 11.5. The number of primary amides is 1. The smallest absolute Gasteiger partial charge is 0.204 e. The van der Waals surface area contributed by atoms with E-state index in [0.717, 1.165) is 0 Å². The lowest BCUT2D eigenvalue weighted by Crippen LogP contribution is -1.82. The Labute approximate surface area is 62.2 Å². The van der Waals surface area contributed by atoms with Gasteiger partial charge in [-0.1, -0.05) is 32.1 Å². The fourth-order valence-electron chi connectivity index (χ4n) is 0.884. The summed E-state index contributed by atoms with van der Waals surface area (Å²) >= 11 is 0. The van der Waals surface area contributed by atoms with Crippen LogP contribution in [0.4, 0.5) is 0 Å². The molecule has 0 spiro atoms. The highest BCUT2D eigenvalue weighted by molar-refractivity contribution is 5.85. The largest absolute Gasteiger partial charge is 0.372 e. The van der Waals surface area contributed by atoms with Gasteiger partial charge >= 0.3 is 0 Å². The van der Waals surface area contributed by atoms with Gasteiger partial charge in [0, 0.05) is 0 Å². The molecule has 56 valence electrons. The summed E-state index contributed by atoms with van der Waals surface area (Å²) in [6.45, 7) is 0. The van der Waals surface area contributed by atoms with Gasteiger partial charge in [0.1, 0.15) is 0 Å². The summed E-state index contributed by atoms with van der Waals surface area (Å²) in [6, 6.07) is 0. The van der Waals surface area contributed by atoms with E-state index in [9.17, 15) is 0 Å².